The molecule has 0 saturated carbocycles. The molecule has 102 valence electrons. The van der Waals surface area contributed by atoms with E-state index in [2.05, 4.69) is 31.2 Å². The molecule has 5 nitrogen and oxygen atoms in total. The van der Waals surface area contributed by atoms with E-state index in [1.54, 1.807) is 0 Å². The van der Waals surface area contributed by atoms with Crippen LogP contribution in [0.2, 0.25) is 0 Å². The number of hydrogen-bond acceptors (Lipinski definition) is 4. The molecule has 0 aromatic carbocycles. The molecule has 0 unspecified atom stereocenters. The van der Waals surface area contributed by atoms with Crippen molar-refractivity contribution in [2.24, 2.45) is 7.05 Å². The Balaban J connectivity index is 1.71. The van der Waals surface area contributed by atoms with E-state index in [4.69, 9.17) is 4.74 Å². The van der Waals surface area contributed by atoms with E-state index in [0.29, 0.717) is 0 Å². The maximum Gasteiger partial charge on any atom is 0.0739 e. The van der Waals surface area contributed by atoms with Gasteiger partial charge in [0.1, 0.15) is 0 Å². The first-order valence-electron chi connectivity index (χ1n) is 6.37. The molecular formula is C12H21BrN4O. The minimum atomic E-state index is 0.849. The number of aromatic nitrogens is 2. The van der Waals surface area contributed by atoms with Gasteiger partial charge in [-0.15, -0.1) is 0 Å². The fraction of sp³-hybridized carbons (Fsp3) is 0.750. The van der Waals surface area contributed by atoms with E-state index in [1.165, 1.54) is 5.69 Å². The van der Waals surface area contributed by atoms with Crippen molar-refractivity contribution in [2.45, 2.75) is 13.5 Å². The Morgan fingerprint density at radius 2 is 2.11 bits per heavy atom. The standard InChI is InChI=1S/C12H21BrN4O/c1-10-12(13)11(16(2)15-10)9-14-3-4-17-5-7-18-8-6-17/h14H,3-9H2,1-2H3. The maximum absolute atomic E-state index is 5.33. The van der Waals surface area contributed by atoms with Gasteiger partial charge < -0.3 is 10.1 Å². The number of rotatable bonds is 5. The predicted octanol–water partition coefficient (Wildman–Crippen LogP) is 0.913. The molecule has 0 spiro atoms. The summed E-state index contributed by atoms with van der Waals surface area (Å²) in [5, 5.41) is 7.85. The van der Waals surface area contributed by atoms with Gasteiger partial charge in [0, 0.05) is 39.8 Å². The Morgan fingerprint density at radius 1 is 1.39 bits per heavy atom. The van der Waals surface area contributed by atoms with Crippen LogP contribution in [0.15, 0.2) is 4.47 Å². The Labute approximate surface area is 117 Å². The molecule has 1 fully saturated rings. The summed E-state index contributed by atoms with van der Waals surface area (Å²) in [5.41, 5.74) is 2.25. The number of morpholine rings is 1. The summed E-state index contributed by atoms with van der Waals surface area (Å²) in [4.78, 5) is 2.43. The monoisotopic (exact) mass is 316 g/mol. The first-order chi connectivity index (χ1) is 8.68. The van der Waals surface area contributed by atoms with Crippen LogP contribution in [0.1, 0.15) is 11.4 Å². The lowest BCUT2D eigenvalue weighted by atomic mass is 10.3. The molecule has 0 radical (unpaired) electrons. The van der Waals surface area contributed by atoms with Gasteiger partial charge in [-0.3, -0.25) is 9.58 Å². The summed E-state index contributed by atoms with van der Waals surface area (Å²) in [6.45, 7) is 8.78. The molecule has 0 aliphatic carbocycles. The number of ether oxygens (including phenoxy) is 1. The second-order valence-electron chi connectivity index (χ2n) is 4.60. The summed E-state index contributed by atoms with van der Waals surface area (Å²) < 4.78 is 8.38. The molecule has 2 heterocycles. The lowest BCUT2D eigenvalue weighted by Crippen LogP contribution is -2.40. The zero-order valence-electron chi connectivity index (χ0n) is 11.1. The molecular weight excluding hydrogens is 296 g/mol. The van der Waals surface area contributed by atoms with Crippen LogP contribution >= 0.6 is 15.9 Å². The normalized spacial score (nSPS) is 17.3. The molecule has 1 saturated heterocycles. The fourth-order valence-corrected chi connectivity index (χ4v) is 2.62. The smallest absolute Gasteiger partial charge is 0.0739 e. The minimum Gasteiger partial charge on any atom is -0.379 e. The Morgan fingerprint density at radius 3 is 2.72 bits per heavy atom. The third kappa shape index (κ3) is 3.54. The Hall–Kier alpha value is -0.430. The van der Waals surface area contributed by atoms with Crippen molar-refractivity contribution in [1.82, 2.24) is 20.0 Å². The van der Waals surface area contributed by atoms with Crippen molar-refractivity contribution in [2.75, 3.05) is 39.4 Å². The average molecular weight is 317 g/mol. The van der Waals surface area contributed by atoms with E-state index in [0.717, 1.165) is 56.1 Å². The molecule has 6 heteroatoms. The van der Waals surface area contributed by atoms with Crippen molar-refractivity contribution >= 4 is 15.9 Å². The topological polar surface area (TPSA) is 42.3 Å². The SMILES string of the molecule is Cc1nn(C)c(CNCCN2CCOCC2)c1Br. The summed E-state index contributed by atoms with van der Waals surface area (Å²) in [5.74, 6) is 0. The zero-order chi connectivity index (χ0) is 13.0. The summed E-state index contributed by atoms with van der Waals surface area (Å²) in [7, 11) is 1.98. The van der Waals surface area contributed by atoms with Gasteiger partial charge in [0.15, 0.2) is 0 Å². The lowest BCUT2D eigenvalue weighted by Gasteiger charge is -2.26. The second-order valence-corrected chi connectivity index (χ2v) is 5.39. The van der Waals surface area contributed by atoms with Crippen molar-refractivity contribution < 1.29 is 4.74 Å². The summed E-state index contributed by atoms with van der Waals surface area (Å²) >= 11 is 3.58. The van der Waals surface area contributed by atoms with Crippen LogP contribution in [0.3, 0.4) is 0 Å². The molecule has 0 amide bonds. The van der Waals surface area contributed by atoms with Crippen molar-refractivity contribution in [3.05, 3.63) is 15.9 Å². The molecule has 1 aliphatic heterocycles. The van der Waals surface area contributed by atoms with Crippen LogP contribution in [0.4, 0.5) is 0 Å². The number of nitrogens with zero attached hydrogens (tertiary/aromatic N) is 3. The van der Waals surface area contributed by atoms with Crippen molar-refractivity contribution in [1.29, 1.82) is 0 Å². The molecule has 1 N–H and O–H groups in total. The van der Waals surface area contributed by atoms with Gasteiger partial charge in [0.05, 0.1) is 29.1 Å². The summed E-state index contributed by atoms with van der Waals surface area (Å²) in [6, 6.07) is 0. The lowest BCUT2D eigenvalue weighted by molar-refractivity contribution is 0.0384. The number of hydrogen-bond donors (Lipinski definition) is 1. The minimum absolute atomic E-state index is 0.849. The molecule has 1 aromatic rings. The van der Waals surface area contributed by atoms with Crippen molar-refractivity contribution in [3.63, 3.8) is 0 Å². The van der Waals surface area contributed by atoms with Crippen LogP contribution in [0.5, 0.6) is 0 Å². The molecule has 18 heavy (non-hydrogen) atoms. The largest absolute Gasteiger partial charge is 0.379 e. The van der Waals surface area contributed by atoms with Gasteiger partial charge >= 0.3 is 0 Å². The quantitative estimate of drug-likeness (QED) is 0.820. The Kier molecular flexibility index (Phi) is 5.17. The average Bonchev–Trinajstić information content (AvgIpc) is 2.61. The van der Waals surface area contributed by atoms with Crippen LogP contribution < -0.4 is 5.32 Å². The molecule has 0 atom stereocenters. The van der Waals surface area contributed by atoms with E-state index in [1.807, 2.05) is 18.7 Å². The third-order valence-electron chi connectivity index (χ3n) is 3.26. The first kappa shape index (κ1) is 14.0. The van der Waals surface area contributed by atoms with Gasteiger partial charge in [-0.05, 0) is 22.9 Å². The Bertz CT molecular complexity index is 388. The molecule has 1 aliphatic rings. The van der Waals surface area contributed by atoms with E-state index >= 15 is 0 Å². The number of nitrogens with one attached hydrogen (secondary N) is 1. The van der Waals surface area contributed by atoms with E-state index in [-0.39, 0.29) is 0 Å². The highest BCUT2D eigenvalue weighted by Crippen LogP contribution is 2.19. The zero-order valence-corrected chi connectivity index (χ0v) is 12.7. The van der Waals surface area contributed by atoms with Crippen LogP contribution in [0, 0.1) is 6.92 Å². The maximum atomic E-state index is 5.33. The van der Waals surface area contributed by atoms with E-state index in [9.17, 15) is 0 Å². The fourth-order valence-electron chi connectivity index (χ4n) is 2.14. The van der Waals surface area contributed by atoms with Gasteiger partial charge in [0.25, 0.3) is 0 Å². The van der Waals surface area contributed by atoms with Crippen molar-refractivity contribution in [3.8, 4) is 0 Å². The van der Waals surface area contributed by atoms with Gasteiger partial charge in [-0.1, -0.05) is 0 Å². The number of halogens is 1. The van der Waals surface area contributed by atoms with Crippen LogP contribution in [-0.2, 0) is 18.3 Å². The summed E-state index contributed by atoms with van der Waals surface area (Å²) in [6.07, 6.45) is 0. The highest BCUT2D eigenvalue weighted by atomic mass is 79.9. The van der Waals surface area contributed by atoms with Crippen LogP contribution in [0.25, 0.3) is 0 Å². The van der Waals surface area contributed by atoms with Crippen LogP contribution in [-0.4, -0.2) is 54.1 Å². The molecule has 2 rings (SSSR count). The van der Waals surface area contributed by atoms with E-state index < -0.39 is 0 Å². The van der Waals surface area contributed by atoms with Gasteiger partial charge in [-0.25, -0.2) is 0 Å². The van der Waals surface area contributed by atoms with Gasteiger partial charge in [-0.2, -0.15) is 5.10 Å². The highest BCUT2D eigenvalue weighted by molar-refractivity contribution is 9.10. The van der Waals surface area contributed by atoms with Gasteiger partial charge in [0.2, 0.25) is 0 Å². The molecule has 0 bridgehead atoms. The number of aryl methyl sites for hydroxylation is 2. The second kappa shape index (κ2) is 6.65. The third-order valence-corrected chi connectivity index (χ3v) is 4.29. The predicted molar refractivity (Wildman–Crippen MR) is 74.6 cm³/mol. The molecule has 1 aromatic heterocycles. The highest BCUT2D eigenvalue weighted by Gasteiger charge is 2.11. The first-order valence-corrected chi connectivity index (χ1v) is 7.16.